The predicted octanol–water partition coefficient (Wildman–Crippen LogP) is 4.10. The van der Waals surface area contributed by atoms with Crippen molar-refractivity contribution in [3.05, 3.63) is 0 Å². The van der Waals surface area contributed by atoms with E-state index >= 15 is 0 Å². The third kappa shape index (κ3) is 3.45. The molecule has 5 nitrogen and oxygen atoms in total. The first-order chi connectivity index (χ1) is 14.2. The Balaban J connectivity index is 1.48. The van der Waals surface area contributed by atoms with Gasteiger partial charge in [0.1, 0.15) is 5.78 Å². The number of Topliss-reactive ketones (excluding diaryl/α,β-unsaturated/α-hetero) is 2. The lowest BCUT2D eigenvalue weighted by Gasteiger charge is -2.60. The van der Waals surface area contributed by atoms with Gasteiger partial charge in [-0.1, -0.05) is 13.8 Å². The van der Waals surface area contributed by atoms with E-state index in [2.05, 4.69) is 13.8 Å². The number of hydrogen-bond donors (Lipinski definition) is 1. The highest BCUT2D eigenvalue weighted by Crippen LogP contribution is 2.67. The number of aliphatic hydroxyl groups excluding tert-OH is 1. The fraction of sp³-hybridized carbons (Fsp3) is 0.880. The van der Waals surface area contributed by atoms with Crippen molar-refractivity contribution in [3.63, 3.8) is 0 Å². The molecule has 4 fully saturated rings. The van der Waals surface area contributed by atoms with Gasteiger partial charge in [0.05, 0.1) is 19.1 Å². The molecule has 5 heteroatoms. The van der Waals surface area contributed by atoms with Gasteiger partial charge < -0.3 is 9.84 Å². The quantitative estimate of drug-likeness (QED) is 0.413. The lowest BCUT2D eigenvalue weighted by molar-refractivity contribution is -0.155. The van der Waals surface area contributed by atoms with Crippen LogP contribution in [0.15, 0.2) is 0 Å². The molecule has 0 amide bonds. The Morgan fingerprint density at radius 1 is 0.933 bits per heavy atom. The second-order valence-corrected chi connectivity index (χ2v) is 11.0. The molecule has 4 rings (SSSR count). The van der Waals surface area contributed by atoms with E-state index in [0.29, 0.717) is 29.1 Å². The van der Waals surface area contributed by atoms with Crippen molar-refractivity contribution >= 4 is 17.5 Å². The van der Waals surface area contributed by atoms with Crippen LogP contribution >= 0.6 is 0 Å². The average Bonchev–Trinajstić information content (AvgIpc) is 3.06. The normalized spacial score (nSPS) is 45.1. The molecule has 0 aliphatic heterocycles. The fourth-order valence-electron chi connectivity index (χ4n) is 8.33. The number of carbonyl (C=O) groups excluding carboxylic acids is 3. The first kappa shape index (κ1) is 22.0. The number of rotatable bonds is 5. The average molecular weight is 419 g/mol. The van der Waals surface area contributed by atoms with Gasteiger partial charge in [0.25, 0.3) is 0 Å². The minimum atomic E-state index is -0.875. The summed E-state index contributed by atoms with van der Waals surface area (Å²) in [7, 11) is 0. The van der Waals surface area contributed by atoms with Crippen molar-refractivity contribution in [1.82, 2.24) is 0 Å². The van der Waals surface area contributed by atoms with Gasteiger partial charge in [0.2, 0.25) is 5.78 Å². The SMILES string of the molecule is CCOC(=O)C(=O)CC(=O)[C@H]1CC[C@H]2[C@@H]3CC[C@@H]4C[C@@H](O)CC[C@]4(C)[C@H]3CC[C@]12C. The summed E-state index contributed by atoms with van der Waals surface area (Å²) in [4.78, 5) is 36.9. The van der Waals surface area contributed by atoms with Crippen molar-refractivity contribution in [3.8, 4) is 0 Å². The van der Waals surface area contributed by atoms with Gasteiger partial charge in [-0.05, 0) is 99.2 Å². The largest absolute Gasteiger partial charge is 0.460 e. The smallest absolute Gasteiger partial charge is 0.375 e. The van der Waals surface area contributed by atoms with Crippen LogP contribution in [-0.4, -0.2) is 35.4 Å². The number of hydrogen-bond acceptors (Lipinski definition) is 5. The summed E-state index contributed by atoms with van der Waals surface area (Å²) in [5.41, 5.74) is 0.274. The van der Waals surface area contributed by atoms with E-state index in [4.69, 9.17) is 4.74 Å². The van der Waals surface area contributed by atoms with Crippen molar-refractivity contribution in [2.45, 2.75) is 91.1 Å². The number of fused-ring (bicyclic) bond motifs is 5. The summed E-state index contributed by atoms with van der Waals surface area (Å²) >= 11 is 0. The number of ether oxygens (including phenoxy) is 1. The second-order valence-electron chi connectivity index (χ2n) is 11.0. The van der Waals surface area contributed by atoms with Crippen molar-refractivity contribution in [2.24, 2.45) is 40.4 Å². The molecule has 4 saturated carbocycles. The Morgan fingerprint density at radius 3 is 2.37 bits per heavy atom. The first-order valence-electron chi connectivity index (χ1n) is 12.1. The zero-order valence-corrected chi connectivity index (χ0v) is 18.8. The maximum absolute atomic E-state index is 13.1. The fourth-order valence-corrected chi connectivity index (χ4v) is 8.33. The van der Waals surface area contributed by atoms with Crippen molar-refractivity contribution in [2.75, 3.05) is 6.61 Å². The number of ketones is 2. The third-order valence-electron chi connectivity index (χ3n) is 9.86. The van der Waals surface area contributed by atoms with Crippen LogP contribution in [0, 0.1) is 40.4 Å². The van der Waals surface area contributed by atoms with E-state index in [1.165, 1.54) is 12.8 Å². The molecule has 4 aliphatic rings. The minimum absolute atomic E-state index is 0.0510. The van der Waals surface area contributed by atoms with E-state index in [9.17, 15) is 19.5 Å². The molecule has 0 bridgehead atoms. The molecule has 1 N–H and O–H groups in total. The van der Waals surface area contributed by atoms with E-state index in [-0.39, 0.29) is 36.2 Å². The molecule has 0 heterocycles. The number of carbonyl (C=O) groups is 3. The number of esters is 1. The summed E-state index contributed by atoms with van der Waals surface area (Å²) in [6.07, 6.45) is 9.07. The van der Waals surface area contributed by atoms with Crippen LogP contribution in [0.1, 0.15) is 85.0 Å². The highest BCUT2D eigenvalue weighted by Gasteiger charge is 2.61. The van der Waals surface area contributed by atoms with Crippen LogP contribution in [0.5, 0.6) is 0 Å². The van der Waals surface area contributed by atoms with Crippen LogP contribution in [0.3, 0.4) is 0 Å². The van der Waals surface area contributed by atoms with E-state index in [0.717, 1.165) is 44.9 Å². The van der Waals surface area contributed by atoms with Gasteiger partial charge in [-0.15, -0.1) is 0 Å². The predicted molar refractivity (Wildman–Crippen MR) is 112 cm³/mol. The van der Waals surface area contributed by atoms with Crippen molar-refractivity contribution in [1.29, 1.82) is 0 Å². The highest BCUT2D eigenvalue weighted by atomic mass is 16.5. The van der Waals surface area contributed by atoms with Crippen LogP contribution in [0.4, 0.5) is 0 Å². The molecule has 0 aromatic heterocycles. The topological polar surface area (TPSA) is 80.7 Å². The standard InChI is InChI=1S/C25H38O5/c1-4-30-23(29)22(28)14-21(27)20-8-7-18-17-6-5-15-13-16(26)9-11-24(15,2)19(17)10-12-25(18,20)3/h15-20,26H,4-14H2,1-3H3/t15-,16+,17+,18+,19+,20-,24+,25+/m1/s1. The van der Waals surface area contributed by atoms with Gasteiger partial charge in [-0.25, -0.2) is 4.79 Å². The van der Waals surface area contributed by atoms with Crippen molar-refractivity contribution < 1.29 is 24.2 Å². The molecule has 0 spiro atoms. The van der Waals surface area contributed by atoms with E-state index in [1.54, 1.807) is 6.92 Å². The maximum atomic E-state index is 13.1. The number of aliphatic hydroxyl groups is 1. The molecule has 8 atom stereocenters. The molecule has 0 radical (unpaired) electrons. The zero-order chi connectivity index (χ0) is 21.7. The molecule has 168 valence electrons. The third-order valence-corrected chi connectivity index (χ3v) is 9.86. The summed E-state index contributed by atoms with van der Waals surface area (Å²) in [6, 6.07) is 0. The lowest BCUT2D eigenvalue weighted by atomic mass is 9.44. The molecule has 30 heavy (non-hydrogen) atoms. The first-order valence-corrected chi connectivity index (χ1v) is 12.1. The molecule has 0 unspecified atom stereocenters. The van der Waals surface area contributed by atoms with Gasteiger partial charge in [-0.2, -0.15) is 0 Å². The Kier molecular flexibility index (Phi) is 5.89. The van der Waals surface area contributed by atoms with Gasteiger partial charge >= 0.3 is 5.97 Å². The summed E-state index contributed by atoms with van der Waals surface area (Å²) in [5, 5.41) is 10.2. The molecule has 4 aliphatic carbocycles. The van der Waals surface area contributed by atoms with Gasteiger partial charge in [-0.3, -0.25) is 9.59 Å². The monoisotopic (exact) mass is 418 g/mol. The van der Waals surface area contributed by atoms with Gasteiger partial charge in [0.15, 0.2) is 0 Å². The lowest BCUT2D eigenvalue weighted by Crippen LogP contribution is -2.54. The Hall–Kier alpha value is -1.23. The Morgan fingerprint density at radius 2 is 1.63 bits per heavy atom. The maximum Gasteiger partial charge on any atom is 0.375 e. The molecule has 0 saturated heterocycles. The van der Waals surface area contributed by atoms with Gasteiger partial charge in [0, 0.05) is 5.92 Å². The second kappa shape index (κ2) is 8.03. The van der Waals surface area contributed by atoms with Crippen LogP contribution < -0.4 is 0 Å². The molecule has 0 aromatic rings. The molecule has 0 aromatic carbocycles. The van der Waals surface area contributed by atoms with Crippen LogP contribution in [0.2, 0.25) is 0 Å². The molecular formula is C25H38O5. The molecular weight excluding hydrogens is 380 g/mol. The Labute approximate surface area is 180 Å². The minimum Gasteiger partial charge on any atom is -0.460 e. The van der Waals surface area contributed by atoms with Crippen LogP contribution in [-0.2, 0) is 19.1 Å². The van der Waals surface area contributed by atoms with E-state index in [1.807, 2.05) is 0 Å². The zero-order valence-electron chi connectivity index (χ0n) is 18.8. The highest BCUT2D eigenvalue weighted by molar-refractivity contribution is 6.37. The summed E-state index contributed by atoms with van der Waals surface area (Å²) in [5.74, 6) is 0.769. The summed E-state index contributed by atoms with van der Waals surface area (Å²) < 4.78 is 4.78. The summed E-state index contributed by atoms with van der Waals surface area (Å²) in [6.45, 7) is 6.56. The van der Waals surface area contributed by atoms with E-state index < -0.39 is 11.8 Å². The van der Waals surface area contributed by atoms with Crippen LogP contribution in [0.25, 0.3) is 0 Å². The Bertz CT molecular complexity index is 716.